The number of aromatic nitrogens is 4. The Bertz CT molecular complexity index is 961. The minimum absolute atomic E-state index is 0.0693. The smallest absolute Gasteiger partial charge is 0.260 e. The second-order valence-electron chi connectivity index (χ2n) is 6.27. The molecule has 0 bridgehead atoms. The van der Waals surface area contributed by atoms with E-state index in [0.717, 1.165) is 17.0 Å². The Morgan fingerprint density at radius 3 is 2.86 bits per heavy atom. The van der Waals surface area contributed by atoms with Gasteiger partial charge < -0.3 is 19.1 Å². The Morgan fingerprint density at radius 1 is 1.18 bits per heavy atom. The van der Waals surface area contributed by atoms with Gasteiger partial charge in [-0.25, -0.2) is 4.68 Å². The van der Waals surface area contributed by atoms with E-state index in [1.807, 2.05) is 30.3 Å². The summed E-state index contributed by atoms with van der Waals surface area (Å²) in [6.45, 7) is 1.46. The Balaban J connectivity index is 1.34. The molecule has 3 aromatic rings. The fraction of sp³-hybridized carbons (Fsp3) is 0.263. The quantitative estimate of drug-likeness (QED) is 0.638. The summed E-state index contributed by atoms with van der Waals surface area (Å²) >= 11 is 0. The van der Waals surface area contributed by atoms with Crippen molar-refractivity contribution in [2.24, 2.45) is 0 Å². The molecule has 0 saturated heterocycles. The molecule has 2 aromatic carbocycles. The van der Waals surface area contributed by atoms with Crippen molar-refractivity contribution in [2.45, 2.75) is 6.54 Å². The third-order valence-electron chi connectivity index (χ3n) is 4.25. The van der Waals surface area contributed by atoms with Crippen molar-refractivity contribution in [3.8, 4) is 22.9 Å². The lowest BCUT2D eigenvalue weighted by Gasteiger charge is -2.21. The van der Waals surface area contributed by atoms with Crippen LogP contribution in [0.15, 0.2) is 48.8 Å². The third kappa shape index (κ3) is 4.03. The first kappa shape index (κ1) is 17.8. The van der Waals surface area contributed by atoms with Crippen LogP contribution in [0.1, 0.15) is 5.56 Å². The first-order chi connectivity index (χ1) is 13.7. The van der Waals surface area contributed by atoms with Crippen LogP contribution in [0.5, 0.6) is 17.2 Å². The fourth-order valence-electron chi connectivity index (χ4n) is 2.80. The van der Waals surface area contributed by atoms with Crippen molar-refractivity contribution in [2.75, 3.05) is 26.9 Å². The number of likely N-dealkylation sites (N-methyl/N-ethyl adjacent to an activating group) is 1. The van der Waals surface area contributed by atoms with E-state index < -0.39 is 0 Å². The van der Waals surface area contributed by atoms with Crippen molar-refractivity contribution in [1.29, 1.82) is 0 Å². The van der Waals surface area contributed by atoms with Crippen molar-refractivity contribution >= 4 is 5.91 Å². The summed E-state index contributed by atoms with van der Waals surface area (Å²) in [5.74, 6) is 1.87. The number of carbonyl (C=O) groups is 1. The molecule has 0 aliphatic carbocycles. The maximum atomic E-state index is 12.4. The van der Waals surface area contributed by atoms with Crippen LogP contribution in [-0.4, -0.2) is 57.9 Å². The van der Waals surface area contributed by atoms with E-state index in [-0.39, 0.29) is 12.5 Å². The zero-order chi connectivity index (χ0) is 19.3. The molecule has 1 amide bonds. The van der Waals surface area contributed by atoms with Gasteiger partial charge >= 0.3 is 0 Å². The lowest BCUT2D eigenvalue weighted by atomic mass is 10.2. The average Bonchev–Trinajstić information content (AvgIpc) is 3.27. The van der Waals surface area contributed by atoms with Crippen LogP contribution in [0.25, 0.3) is 5.69 Å². The molecule has 9 nitrogen and oxygen atoms in total. The van der Waals surface area contributed by atoms with Gasteiger partial charge in [0.2, 0.25) is 0 Å². The van der Waals surface area contributed by atoms with Crippen molar-refractivity contribution in [3.63, 3.8) is 0 Å². The van der Waals surface area contributed by atoms with Gasteiger partial charge in [-0.1, -0.05) is 12.1 Å². The topological polar surface area (TPSA) is 91.6 Å². The summed E-state index contributed by atoms with van der Waals surface area (Å²) in [7, 11) is 1.74. The van der Waals surface area contributed by atoms with Gasteiger partial charge in [0.15, 0.2) is 18.1 Å². The van der Waals surface area contributed by atoms with Gasteiger partial charge in [0.25, 0.3) is 5.91 Å². The lowest BCUT2D eigenvalue weighted by Crippen LogP contribution is -2.31. The van der Waals surface area contributed by atoms with Gasteiger partial charge in [0.1, 0.15) is 25.3 Å². The lowest BCUT2D eigenvalue weighted by molar-refractivity contribution is -0.132. The highest BCUT2D eigenvalue weighted by Gasteiger charge is 2.15. The summed E-state index contributed by atoms with van der Waals surface area (Å²) in [6, 6.07) is 12.9. The minimum Gasteiger partial charge on any atom is -0.486 e. The largest absolute Gasteiger partial charge is 0.486 e. The Labute approximate surface area is 161 Å². The van der Waals surface area contributed by atoms with E-state index in [1.165, 1.54) is 11.0 Å². The van der Waals surface area contributed by atoms with Gasteiger partial charge in [-0.3, -0.25) is 4.79 Å². The van der Waals surface area contributed by atoms with E-state index in [9.17, 15) is 4.79 Å². The summed E-state index contributed by atoms with van der Waals surface area (Å²) in [4.78, 5) is 14.0. The number of hydrogen-bond acceptors (Lipinski definition) is 7. The van der Waals surface area contributed by atoms with E-state index >= 15 is 0 Å². The van der Waals surface area contributed by atoms with Crippen molar-refractivity contribution in [3.05, 3.63) is 54.4 Å². The maximum absolute atomic E-state index is 12.4. The van der Waals surface area contributed by atoms with Gasteiger partial charge in [-0.2, -0.15) is 0 Å². The SMILES string of the molecule is CN(Cc1ccc2c(c1)OCCO2)C(=O)COc1cccc(-n2cnnn2)c1. The van der Waals surface area contributed by atoms with Gasteiger partial charge in [-0.15, -0.1) is 5.10 Å². The van der Waals surface area contributed by atoms with Gasteiger partial charge in [0, 0.05) is 19.7 Å². The Morgan fingerprint density at radius 2 is 2.04 bits per heavy atom. The average molecular weight is 381 g/mol. The van der Waals surface area contributed by atoms with E-state index in [2.05, 4.69) is 15.5 Å². The zero-order valence-electron chi connectivity index (χ0n) is 15.3. The first-order valence-corrected chi connectivity index (χ1v) is 8.78. The number of fused-ring (bicyclic) bond motifs is 1. The van der Waals surface area contributed by atoms with E-state index in [1.54, 1.807) is 24.1 Å². The van der Waals surface area contributed by atoms with Crippen LogP contribution in [-0.2, 0) is 11.3 Å². The minimum atomic E-state index is -0.136. The van der Waals surface area contributed by atoms with Gasteiger partial charge in [0.05, 0.1) is 5.69 Å². The Kier molecular flexibility index (Phi) is 5.05. The zero-order valence-corrected chi connectivity index (χ0v) is 15.3. The molecule has 1 aliphatic heterocycles. The Hall–Kier alpha value is -3.62. The van der Waals surface area contributed by atoms with Crippen LogP contribution < -0.4 is 14.2 Å². The molecular weight excluding hydrogens is 362 g/mol. The highest BCUT2D eigenvalue weighted by Crippen LogP contribution is 2.31. The summed E-state index contributed by atoms with van der Waals surface area (Å²) in [5, 5.41) is 11.0. The summed E-state index contributed by atoms with van der Waals surface area (Å²) in [5.41, 5.74) is 1.71. The van der Waals surface area contributed by atoms with E-state index in [0.29, 0.717) is 31.3 Å². The van der Waals surface area contributed by atoms with E-state index in [4.69, 9.17) is 14.2 Å². The fourth-order valence-corrected chi connectivity index (χ4v) is 2.80. The molecular formula is C19H19N5O4. The second kappa shape index (κ2) is 7.95. The van der Waals surface area contributed by atoms with Crippen LogP contribution in [0, 0.1) is 0 Å². The molecule has 0 spiro atoms. The molecule has 4 rings (SSSR count). The number of hydrogen-bond donors (Lipinski definition) is 0. The molecule has 0 saturated carbocycles. The molecule has 0 N–H and O–H groups in total. The predicted molar refractivity (Wildman–Crippen MR) is 98.6 cm³/mol. The molecule has 28 heavy (non-hydrogen) atoms. The van der Waals surface area contributed by atoms with Crippen LogP contribution in [0.4, 0.5) is 0 Å². The maximum Gasteiger partial charge on any atom is 0.260 e. The number of carbonyl (C=O) groups excluding carboxylic acids is 1. The molecule has 0 fully saturated rings. The normalized spacial score (nSPS) is 12.5. The number of benzene rings is 2. The van der Waals surface area contributed by atoms with Crippen molar-refractivity contribution < 1.29 is 19.0 Å². The molecule has 1 aromatic heterocycles. The molecule has 1 aliphatic rings. The molecule has 0 atom stereocenters. The first-order valence-electron chi connectivity index (χ1n) is 8.78. The number of nitrogens with zero attached hydrogens (tertiary/aromatic N) is 5. The standard InChI is InChI=1S/C19H19N5O4/c1-23(11-14-5-6-17-18(9-14)27-8-7-26-17)19(25)12-28-16-4-2-3-15(10-16)24-13-20-21-22-24/h2-6,9-10,13H,7-8,11-12H2,1H3. The monoisotopic (exact) mass is 381 g/mol. The highest BCUT2D eigenvalue weighted by molar-refractivity contribution is 5.77. The third-order valence-corrected chi connectivity index (χ3v) is 4.25. The molecule has 2 heterocycles. The molecule has 0 radical (unpaired) electrons. The second-order valence-corrected chi connectivity index (χ2v) is 6.27. The van der Waals surface area contributed by atoms with Crippen LogP contribution >= 0.6 is 0 Å². The number of rotatable bonds is 6. The van der Waals surface area contributed by atoms with Crippen LogP contribution in [0.2, 0.25) is 0 Å². The highest BCUT2D eigenvalue weighted by atomic mass is 16.6. The number of tetrazole rings is 1. The van der Waals surface area contributed by atoms with Crippen LogP contribution in [0.3, 0.4) is 0 Å². The molecule has 0 unspecified atom stereocenters. The summed E-state index contributed by atoms with van der Waals surface area (Å²) < 4.78 is 18.3. The van der Waals surface area contributed by atoms with Crippen molar-refractivity contribution in [1.82, 2.24) is 25.1 Å². The molecule has 9 heteroatoms. The number of amides is 1. The summed E-state index contributed by atoms with van der Waals surface area (Å²) in [6.07, 6.45) is 1.49. The predicted octanol–water partition coefficient (Wildman–Crippen LogP) is 1.47. The van der Waals surface area contributed by atoms with Gasteiger partial charge in [-0.05, 0) is 40.3 Å². The number of ether oxygens (including phenoxy) is 3. The molecule has 144 valence electrons.